The highest BCUT2D eigenvalue weighted by atomic mass is 35.5. The van der Waals surface area contributed by atoms with E-state index < -0.39 is 9.84 Å². The van der Waals surface area contributed by atoms with Gasteiger partial charge in [0.05, 0.1) is 6.26 Å². The second-order valence-electron chi connectivity index (χ2n) is 4.43. The van der Waals surface area contributed by atoms with Crippen molar-refractivity contribution >= 4 is 21.4 Å². The fourth-order valence-corrected chi connectivity index (χ4v) is 2.73. The van der Waals surface area contributed by atoms with Gasteiger partial charge >= 0.3 is 0 Å². The minimum atomic E-state index is -2.90. The van der Waals surface area contributed by atoms with Gasteiger partial charge < -0.3 is 9.73 Å². The Hall–Kier alpha value is -0.520. The summed E-state index contributed by atoms with van der Waals surface area (Å²) < 4.78 is 27.3. The van der Waals surface area contributed by atoms with Crippen LogP contribution in [0.1, 0.15) is 37.8 Å². The molecule has 0 saturated carbocycles. The third-order valence-electron chi connectivity index (χ3n) is 2.67. The summed E-state index contributed by atoms with van der Waals surface area (Å²) in [5.41, 5.74) is 0.901. The van der Waals surface area contributed by atoms with Crippen molar-refractivity contribution in [2.45, 2.75) is 32.2 Å². The normalized spacial score (nSPS) is 13.7. The zero-order chi connectivity index (χ0) is 13.6. The van der Waals surface area contributed by atoms with E-state index in [2.05, 4.69) is 12.2 Å². The van der Waals surface area contributed by atoms with Crippen LogP contribution in [0.3, 0.4) is 0 Å². The van der Waals surface area contributed by atoms with Gasteiger partial charge in [0.15, 0.2) is 5.22 Å². The molecule has 0 aliphatic rings. The first-order valence-electron chi connectivity index (χ1n) is 6.08. The van der Waals surface area contributed by atoms with Crippen molar-refractivity contribution < 1.29 is 12.8 Å². The van der Waals surface area contributed by atoms with Gasteiger partial charge in [-0.25, -0.2) is 8.42 Å². The standard InChI is InChI=1S/C12H20ClNO3S/c1-3-7-14-11(5-4-9-18(2,15)16)10-6-8-17-12(10)13/h6,8,11,14H,3-5,7,9H2,1-2H3. The van der Waals surface area contributed by atoms with E-state index in [4.69, 9.17) is 16.0 Å². The summed E-state index contributed by atoms with van der Waals surface area (Å²) >= 11 is 5.96. The number of nitrogens with one attached hydrogen (secondary N) is 1. The topological polar surface area (TPSA) is 59.3 Å². The van der Waals surface area contributed by atoms with Crippen molar-refractivity contribution in [2.24, 2.45) is 0 Å². The van der Waals surface area contributed by atoms with Crippen LogP contribution >= 0.6 is 11.6 Å². The van der Waals surface area contributed by atoms with Crippen molar-refractivity contribution in [2.75, 3.05) is 18.6 Å². The molecule has 1 atom stereocenters. The molecule has 1 rings (SSSR count). The lowest BCUT2D eigenvalue weighted by Crippen LogP contribution is -2.22. The Morgan fingerprint density at radius 2 is 2.22 bits per heavy atom. The van der Waals surface area contributed by atoms with Crippen LogP contribution in [0, 0.1) is 0 Å². The summed E-state index contributed by atoms with van der Waals surface area (Å²) in [6.07, 6.45) is 5.16. The minimum Gasteiger partial charge on any atom is -0.453 e. The largest absolute Gasteiger partial charge is 0.453 e. The van der Waals surface area contributed by atoms with Crippen LogP contribution in [0.25, 0.3) is 0 Å². The van der Waals surface area contributed by atoms with E-state index in [0.717, 1.165) is 24.9 Å². The molecule has 1 N–H and O–H groups in total. The molecule has 1 aromatic heterocycles. The van der Waals surface area contributed by atoms with Gasteiger partial charge in [-0.05, 0) is 43.5 Å². The third-order valence-corrected chi connectivity index (χ3v) is 4.01. The monoisotopic (exact) mass is 293 g/mol. The lowest BCUT2D eigenvalue weighted by Gasteiger charge is -2.17. The van der Waals surface area contributed by atoms with Crippen LogP contribution < -0.4 is 5.32 Å². The maximum atomic E-state index is 11.1. The molecule has 4 nitrogen and oxygen atoms in total. The Morgan fingerprint density at radius 3 is 2.72 bits per heavy atom. The van der Waals surface area contributed by atoms with E-state index in [1.54, 1.807) is 6.26 Å². The van der Waals surface area contributed by atoms with Crippen LogP contribution in [0.15, 0.2) is 16.7 Å². The first-order chi connectivity index (χ1) is 8.44. The molecule has 0 saturated heterocycles. The summed E-state index contributed by atoms with van der Waals surface area (Å²) in [5.74, 6) is 0.201. The molecule has 0 aliphatic carbocycles. The molecule has 104 valence electrons. The SMILES string of the molecule is CCCNC(CCCS(C)(=O)=O)c1ccoc1Cl. The molecular formula is C12H20ClNO3S. The van der Waals surface area contributed by atoms with Gasteiger partial charge in [0.25, 0.3) is 0 Å². The van der Waals surface area contributed by atoms with Crippen molar-refractivity contribution in [3.63, 3.8) is 0 Å². The molecule has 0 aliphatic heterocycles. The zero-order valence-electron chi connectivity index (χ0n) is 10.8. The molecule has 0 bridgehead atoms. The average molecular weight is 294 g/mol. The van der Waals surface area contributed by atoms with Crippen molar-refractivity contribution in [1.29, 1.82) is 0 Å². The summed E-state index contributed by atoms with van der Waals surface area (Å²) in [4.78, 5) is 0. The van der Waals surface area contributed by atoms with Crippen LogP contribution in [-0.4, -0.2) is 27.0 Å². The van der Waals surface area contributed by atoms with Gasteiger partial charge in [0.1, 0.15) is 9.84 Å². The average Bonchev–Trinajstić information content (AvgIpc) is 2.68. The van der Waals surface area contributed by atoms with Crippen molar-refractivity contribution in [1.82, 2.24) is 5.32 Å². The first kappa shape index (κ1) is 15.5. The number of hydrogen-bond acceptors (Lipinski definition) is 4. The number of furan rings is 1. The van der Waals surface area contributed by atoms with Crippen LogP contribution in [-0.2, 0) is 9.84 Å². The van der Waals surface area contributed by atoms with E-state index in [-0.39, 0.29) is 11.8 Å². The second kappa shape index (κ2) is 7.16. The smallest absolute Gasteiger partial charge is 0.197 e. The summed E-state index contributed by atoms with van der Waals surface area (Å²) in [5, 5.41) is 3.74. The zero-order valence-corrected chi connectivity index (χ0v) is 12.4. The molecular weight excluding hydrogens is 274 g/mol. The molecule has 0 aromatic carbocycles. The number of rotatable bonds is 8. The molecule has 0 fully saturated rings. The van der Waals surface area contributed by atoms with Crippen molar-refractivity contribution in [3.8, 4) is 0 Å². The summed E-state index contributed by atoms with van der Waals surface area (Å²) in [6.45, 7) is 2.95. The van der Waals surface area contributed by atoms with Gasteiger partial charge in [0, 0.05) is 23.6 Å². The molecule has 18 heavy (non-hydrogen) atoms. The predicted molar refractivity (Wildman–Crippen MR) is 73.7 cm³/mol. The van der Waals surface area contributed by atoms with Gasteiger partial charge in [-0.15, -0.1) is 0 Å². The highest BCUT2D eigenvalue weighted by Gasteiger charge is 2.16. The number of halogens is 1. The molecule has 0 radical (unpaired) electrons. The Balaban J connectivity index is 2.59. The van der Waals surface area contributed by atoms with Gasteiger partial charge in [-0.3, -0.25) is 0 Å². The van der Waals surface area contributed by atoms with Gasteiger partial charge in [-0.2, -0.15) is 0 Å². The van der Waals surface area contributed by atoms with Crippen LogP contribution in [0.4, 0.5) is 0 Å². The number of sulfone groups is 1. The lowest BCUT2D eigenvalue weighted by atomic mass is 10.1. The quantitative estimate of drug-likeness (QED) is 0.801. The minimum absolute atomic E-state index is 0.0537. The second-order valence-corrected chi connectivity index (χ2v) is 7.03. The van der Waals surface area contributed by atoms with E-state index in [1.165, 1.54) is 6.26 Å². The summed E-state index contributed by atoms with van der Waals surface area (Å²) in [6, 6.07) is 1.88. The van der Waals surface area contributed by atoms with Gasteiger partial charge in [-0.1, -0.05) is 6.92 Å². The molecule has 0 amide bonds. The molecule has 1 heterocycles. The molecule has 0 spiro atoms. The fraction of sp³-hybridized carbons (Fsp3) is 0.667. The van der Waals surface area contributed by atoms with E-state index >= 15 is 0 Å². The Labute approximate surface area is 114 Å². The predicted octanol–water partition coefficient (Wildman–Crippen LogP) is 2.80. The van der Waals surface area contributed by atoms with Crippen LogP contribution in [0.5, 0.6) is 0 Å². The highest BCUT2D eigenvalue weighted by Crippen LogP contribution is 2.27. The summed E-state index contributed by atoms with van der Waals surface area (Å²) in [7, 11) is -2.90. The molecule has 1 unspecified atom stereocenters. The first-order valence-corrected chi connectivity index (χ1v) is 8.52. The van der Waals surface area contributed by atoms with E-state index in [9.17, 15) is 8.42 Å². The van der Waals surface area contributed by atoms with Gasteiger partial charge in [0.2, 0.25) is 0 Å². The molecule has 1 aromatic rings. The maximum absolute atomic E-state index is 11.1. The molecule has 6 heteroatoms. The lowest BCUT2D eigenvalue weighted by molar-refractivity contribution is 0.483. The van der Waals surface area contributed by atoms with Crippen molar-refractivity contribution in [3.05, 3.63) is 23.1 Å². The maximum Gasteiger partial charge on any atom is 0.197 e. The van der Waals surface area contributed by atoms with E-state index in [0.29, 0.717) is 11.6 Å². The Morgan fingerprint density at radius 1 is 1.50 bits per heavy atom. The van der Waals surface area contributed by atoms with Crippen LogP contribution in [0.2, 0.25) is 5.22 Å². The highest BCUT2D eigenvalue weighted by molar-refractivity contribution is 7.90. The fourth-order valence-electron chi connectivity index (χ4n) is 1.79. The number of hydrogen-bond donors (Lipinski definition) is 1. The Kier molecular flexibility index (Phi) is 6.18. The Bertz CT molecular complexity index is 456. The third kappa shape index (κ3) is 5.42. The van der Waals surface area contributed by atoms with E-state index in [1.807, 2.05) is 6.07 Å².